The van der Waals surface area contributed by atoms with Crippen molar-refractivity contribution in [3.05, 3.63) is 66.2 Å². The molecule has 0 aliphatic carbocycles. The second-order valence-electron chi connectivity index (χ2n) is 6.42. The van der Waals surface area contributed by atoms with Crippen molar-refractivity contribution < 1.29 is 9.59 Å². The predicted octanol–water partition coefficient (Wildman–Crippen LogP) is 3.37. The zero-order valence-corrected chi connectivity index (χ0v) is 14.8. The normalized spacial score (nSPS) is 16.7. The quantitative estimate of drug-likeness (QED) is 0.814. The number of likely N-dealkylation sites (tertiary alicyclic amines) is 1. The Bertz CT molecular complexity index is 785. The zero-order chi connectivity index (χ0) is 18.4. The first-order valence-electron chi connectivity index (χ1n) is 8.76. The number of nitrogens with zero attached hydrogens (tertiary/aromatic N) is 1. The molecule has 1 heterocycles. The van der Waals surface area contributed by atoms with E-state index in [1.165, 1.54) is 6.92 Å². The van der Waals surface area contributed by atoms with Crippen LogP contribution in [-0.2, 0) is 9.59 Å². The summed E-state index contributed by atoms with van der Waals surface area (Å²) in [5.41, 5.74) is 2.75. The van der Waals surface area contributed by atoms with Crippen molar-refractivity contribution in [1.29, 1.82) is 0 Å². The number of amides is 2. The van der Waals surface area contributed by atoms with Crippen LogP contribution >= 0.6 is 0 Å². The maximum atomic E-state index is 12.4. The molecule has 134 valence electrons. The largest absolute Gasteiger partial charge is 0.380 e. The van der Waals surface area contributed by atoms with Crippen LogP contribution in [0.3, 0.4) is 0 Å². The van der Waals surface area contributed by atoms with Gasteiger partial charge in [0.05, 0.1) is 0 Å². The summed E-state index contributed by atoms with van der Waals surface area (Å²) in [5.74, 6) is -0.0792. The lowest BCUT2D eigenvalue weighted by Gasteiger charge is -2.16. The molecule has 2 amide bonds. The highest BCUT2D eigenvalue weighted by Crippen LogP contribution is 2.16. The van der Waals surface area contributed by atoms with Crippen LogP contribution < -0.4 is 10.6 Å². The van der Waals surface area contributed by atoms with Gasteiger partial charge in [-0.2, -0.15) is 0 Å². The van der Waals surface area contributed by atoms with Crippen LogP contribution in [-0.4, -0.2) is 35.8 Å². The molecule has 5 heteroatoms. The fourth-order valence-corrected chi connectivity index (χ4v) is 3.00. The number of benzene rings is 2. The Morgan fingerprint density at radius 3 is 2.46 bits per heavy atom. The summed E-state index contributed by atoms with van der Waals surface area (Å²) >= 11 is 0. The first-order valence-corrected chi connectivity index (χ1v) is 8.76. The lowest BCUT2D eigenvalue weighted by atomic mass is 10.2. The van der Waals surface area contributed by atoms with E-state index in [9.17, 15) is 9.59 Å². The number of anilines is 2. The monoisotopic (exact) mass is 349 g/mol. The minimum atomic E-state index is -0.101. The molecule has 2 aromatic rings. The smallest absolute Gasteiger partial charge is 0.246 e. The van der Waals surface area contributed by atoms with Gasteiger partial charge >= 0.3 is 0 Å². The minimum absolute atomic E-state index is 0.0216. The van der Waals surface area contributed by atoms with E-state index in [4.69, 9.17) is 0 Å². The van der Waals surface area contributed by atoms with Crippen molar-refractivity contribution in [3.8, 4) is 0 Å². The van der Waals surface area contributed by atoms with E-state index >= 15 is 0 Å². The molecule has 1 fully saturated rings. The SMILES string of the molecule is CC(=O)Nc1ccc(/C=C/C(=O)N2CC[C@@H](Nc3ccccc3)C2)cc1. The number of hydrogen-bond donors (Lipinski definition) is 2. The Balaban J connectivity index is 1.52. The Labute approximate surface area is 153 Å². The molecule has 1 aliphatic rings. The van der Waals surface area contributed by atoms with Gasteiger partial charge in [0.25, 0.3) is 0 Å². The number of carbonyl (C=O) groups excluding carboxylic acids is 2. The lowest BCUT2D eigenvalue weighted by Crippen LogP contribution is -2.30. The second-order valence-corrected chi connectivity index (χ2v) is 6.42. The summed E-state index contributed by atoms with van der Waals surface area (Å²) in [6.45, 7) is 2.94. The molecule has 0 aromatic heterocycles. The Morgan fingerprint density at radius 2 is 1.77 bits per heavy atom. The average molecular weight is 349 g/mol. The third kappa shape index (κ3) is 4.96. The van der Waals surface area contributed by atoms with Gasteiger partial charge in [0, 0.05) is 43.5 Å². The molecular weight excluding hydrogens is 326 g/mol. The first-order chi connectivity index (χ1) is 12.6. The van der Waals surface area contributed by atoms with E-state index in [0.29, 0.717) is 6.54 Å². The van der Waals surface area contributed by atoms with Gasteiger partial charge in [-0.05, 0) is 42.3 Å². The van der Waals surface area contributed by atoms with Crippen molar-refractivity contribution in [2.24, 2.45) is 0 Å². The van der Waals surface area contributed by atoms with Gasteiger partial charge in [-0.3, -0.25) is 9.59 Å². The number of nitrogens with one attached hydrogen (secondary N) is 2. The molecule has 0 radical (unpaired) electrons. The highest BCUT2D eigenvalue weighted by Gasteiger charge is 2.24. The molecule has 1 atom stereocenters. The van der Waals surface area contributed by atoms with Crippen LogP contribution in [0.4, 0.5) is 11.4 Å². The molecule has 1 saturated heterocycles. The van der Waals surface area contributed by atoms with Crippen LogP contribution in [0.25, 0.3) is 6.08 Å². The van der Waals surface area contributed by atoms with Crippen molar-refractivity contribution in [1.82, 2.24) is 4.90 Å². The maximum Gasteiger partial charge on any atom is 0.246 e. The number of carbonyl (C=O) groups is 2. The lowest BCUT2D eigenvalue weighted by molar-refractivity contribution is -0.125. The summed E-state index contributed by atoms with van der Waals surface area (Å²) in [7, 11) is 0. The van der Waals surface area contributed by atoms with Crippen molar-refractivity contribution in [3.63, 3.8) is 0 Å². The summed E-state index contributed by atoms with van der Waals surface area (Å²) in [6.07, 6.45) is 4.36. The maximum absolute atomic E-state index is 12.4. The Hall–Kier alpha value is -3.08. The van der Waals surface area contributed by atoms with Gasteiger partial charge in [0.2, 0.25) is 11.8 Å². The first kappa shape index (κ1) is 17.7. The predicted molar refractivity (Wildman–Crippen MR) is 105 cm³/mol. The van der Waals surface area contributed by atoms with Crippen LogP contribution in [0.2, 0.25) is 0 Å². The molecule has 2 N–H and O–H groups in total. The van der Waals surface area contributed by atoms with E-state index in [1.807, 2.05) is 59.5 Å². The molecule has 0 unspecified atom stereocenters. The van der Waals surface area contributed by atoms with Gasteiger partial charge < -0.3 is 15.5 Å². The molecule has 2 aromatic carbocycles. The molecule has 0 saturated carbocycles. The summed E-state index contributed by atoms with van der Waals surface area (Å²) in [5, 5.41) is 6.19. The summed E-state index contributed by atoms with van der Waals surface area (Å²) in [4.78, 5) is 25.3. The fraction of sp³-hybridized carbons (Fsp3) is 0.238. The van der Waals surface area contributed by atoms with Crippen LogP contribution in [0.1, 0.15) is 18.9 Å². The highest BCUT2D eigenvalue weighted by atomic mass is 16.2. The molecule has 1 aliphatic heterocycles. The van der Waals surface area contributed by atoms with Crippen LogP contribution in [0, 0.1) is 0 Å². The highest BCUT2D eigenvalue weighted by molar-refractivity contribution is 5.92. The molecule has 0 bridgehead atoms. The van der Waals surface area contributed by atoms with E-state index in [2.05, 4.69) is 10.6 Å². The van der Waals surface area contributed by atoms with Crippen molar-refractivity contribution in [2.45, 2.75) is 19.4 Å². The van der Waals surface area contributed by atoms with E-state index < -0.39 is 0 Å². The van der Waals surface area contributed by atoms with Gasteiger partial charge in [-0.15, -0.1) is 0 Å². The van der Waals surface area contributed by atoms with Gasteiger partial charge in [0.15, 0.2) is 0 Å². The van der Waals surface area contributed by atoms with Crippen LogP contribution in [0.5, 0.6) is 0 Å². The summed E-state index contributed by atoms with van der Waals surface area (Å²) in [6, 6.07) is 17.7. The number of hydrogen-bond acceptors (Lipinski definition) is 3. The van der Waals surface area contributed by atoms with Gasteiger partial charge in [-0.25, -0.2) is 0 Å². The third-order valence-corrected chi connectivity index (χ3v) is 4.29. The van der Waals surface area contributed by atoms with E-state index in [-0.39, 0.29) is 17.9 Å². The third-order valence-electron chi connectivity index (χ3n) is 4.29. The van der Waals surface area contributed by atoms with Gasteiger partial charge in [0.1, 0.15) is 0 Å². The molecule has 26 heavy (non-hydrogen) atoms. The number of rotatable bonds is 5. The van der Waals surface area contributed by atoms with E-state index in [1.54, 1.807) is 12.2 Å². The topological polar surface area (TPSA) is 61.4 Å². The molecule has 3 rings (SSSR count). The standard InChI is InChI=1S/C21H23N3O2/c1-16(25)22-19-10-7-17(8-11-19)9-12-21(26)24-14-13-20(15-24)23-18-5-3-2-4-6-18/h2-12,20,23H,13-15H2,1H3,(H,22,25)/b12-9+/t20-/m1/s1. The Kier molecular flexibility index (Phi) is 5.69. The molecule has 5 nitrogen and oxygen atoms in total. The van der Waals surface area contributed by atoms with Crippen LogP contribution in [0.15, 0.2) is 60.7 Å². The minimum Gasteiger partial charge on any atom is -0.380 e. The van der Waals surface area contributed by atoms with E-state index in [0.717, 1.165) is 29.9 Å². The van der Waals surface area contributed by atoms with Crippen molar-refractivity contribution >= 4 is 29.3 Å². The summed E-state index contributed by atoms with van der Waals surface area (Å²) < 4.78 is 0. The van der Waals surface area contributed by atoms with Crippen molar-refractivity contribution in [2.75, 3.05) is 23.7 Å². The fourth-order valence-electron chi connectivity index (χ4n) is 3.00. The second kappa shape index (κ2) is 8.34. The van der Waals surface area contributed by atoms with Gasteiger partial charge in [-0.1, -0.05) is 30.3 Å². The zero-order valence-electron chi connectivity index (χ0n) is 14.8. The molecular formula is C21H23N3O2. The average Bonchev–Trinajstić information content (AvgIpc) is 3.10. The Morgan fingerprint density at radius 1 is 1.04 bits per heavy atom. The number of para-hydroxylation sites is 1. The molecule has 0 spiro atoms.